The molecule has 1 fully saturated rings. The molecule has 6 nitrogen and oxygen atoms in total. The molecule has 1 aromatic heterocycles. The van der Waals surface area contributed by atoms with E-state index in [0.29, 0.717) is 18.2 Å². The van der Waals surface area contributed by atoms with E-state index in [0.717, 1.165) is 45.7 Å². The lowest BCUT2D eigenvalue weighted by molar-refractivity contribution is 0.0889. The summed E-state index contributed by atoms with van der Waals surface area (Å²) in [5, 5.41) is 2.95. The number of carbonyl (C=O) groups excluding carboxylic acids is 1. The summed E-state index contributed by atoms with van der Waals surface area (Å²) in [5.74, 6) is 0.413. The third kappa shape index (κ3) is 5.40. The van der Waals surface area contributed by atoms with Crippen LogP contribution in [0.3, 0.4) is 0 Å². The molecule has 0 radical (unpaired) electrons. The molecule has 116 valence electrons. The molecule has 0 saturated carbocycles. The maximum absolute atomic E-state index is 11.9. The Morgan fingerprint density at radius 3 is 2.90 bits per heavy atom. The van der Waals surface area contributed by atoms with E-state index in [-0.39, 0.29) is 5.91 Å². The molecule has 0 aromatic carbocycles. The molecular weight excluding hydrogens is 268 g/mol. The fourth-order valence-electron chi connectivity index (χ4n) is 2.50. The number of likely N-dealkylation sites (tertiary alicyclic amines) is 1. The SMILES string of the molecule is CCOCCN1CCC(CNC(=O)c2cnccn2)CC1. The molecule has 0 unspecified atom stereocenters. The summed E-state index contributed by atoms with van der Waals surface area (Å²) in [7, 11) is 0. The lowest BCUT2D eigenvalue weighted by Gasteiger charge is -2.31. The topological polar surface area (TPSA) is 67.3 Å². The Labute approximate surface area is 125 Å². The van der Waals surface area contributed by atoms with E-state index < -0.39 is 0 Å². The van der Waals surface area contributed by atoms with Crippen LogP contribution in [-0.4, -0.2) is 60.2 Å². The van der Waals surface area contributed by atoms with Crippen molar-refractivity contribution in [3.05, 3.63) is 24.3 Å². The number of hydrogen-bond donors (Lipinski definition) is 1. The molecule has 2 heterocycles. The van der Waals surface area contributed by atoms with Gasteiger partial charge in [-0.2, -0.15) is 0 Å². The van der Waals surface area contributed by atoms with E-state index in [1.54, 1.807) is 6.20 Å². The van der Waals surface area contributed by atoms with Crippen LogP contribution < -0.4 is 5.32 Å². The van der Waals surface area contributed by atoms with Crippen molar-refractivity contribution < 1.29 is 9.53 Å². The first kappa shape index (κ1) is 15.9. The second-order valence-electron chi connectivity index (χ2n) is 5.28. The molecule has 0 atom stereocenters. The maximum Gasteiger partial charge on any atom is 0.271 e. The Morgan fingerprint density at radius 2 is 2.24 bits per heavy atom. The van der Waals surface area contributed by atoms with Crippen LogP contribution in [0.2, 0.25) is 0 Å². The Balaban J connectivity index is 1.64. The Kier molecular flexibility index (Phi) is 6.56. The molecule has 0 spiro atoms. The van der Waals surface area contributed by atoms with Crippen LogP contribution in [0, 0.1) is 5.92 Å². The monoisotopic (exact) mass is 292 g/mol. The smallest absolute Gasteiger partial charge is 0.271 e. The number of hydrogen-bond acceptors (Lipinski definition) is 5. The molecule has 1 saturated heterocycles. The van der Waals surface area contributed by atoms with E-state index in [1.165, 1.54) is 12.4 Å². The second-order valence-corrected chi connectivity index (χ2v) is 5.28. The summed E-state index contributed by atoms with van der Waals surface area (Å²) < 4.78 is 5.38. The van der Waals surface area contributed by atoms with Gasteiger partial charge in [0.1, 0.15) is 5.69 Å². The first-order valence-electron chi connectivity index (χ1n) is 7.64. The molecule has 1 aromatic rings. The van der Waals surface area contributed by atoms with Crippen molar-refractivity contribution in [2.24, 2.45) is 5.92 Å². The van der Waals surface area contributed by atoms with Crippen molar-refractivity contribution in [2.75, 3.05) is 39.4 Å². The highest BCUT2D eigenvalue weighted by atomic mass is 16.5. The minimum Gasteiger partial charge on any atom is -0.380 e. The number of amides is 1. The van der Waals surface area contributed by atoms with E-state index in [4.69, 9.17) is 4.74 Å². The highest BCUT2D eigenvalue weighted by Crippen LogP contribution is 2.16. The van der Waals surface area contributed by atoms with Gasteiger partial charge in [-0.3, -0.25) is 9.78 Å². The summed E-state index contributed by atoms with van der Waals surface area (Å²) in [4.78, 5) is 22.2. The van der Waals surface area contributed by atoms with E-state index in [2.05, 4.69) is 20.2 Å². The van der Waals surface area contributed by atoms with Crippen LogP contribution in [0.1, 0.15) is 30.3 Å². The summed E-state index contributed by atoms with van der Waals surface area (Å²) >= 11 is 0. The fraction of sp³-hybridized carbons (Fsp3) is 0.667. The molecule has 21 heavy (non-hydrogen) atoms. The third-order valence-corrected chi connectivity index (χ3v) is 3.81. The first-order valence-corrected chi connectivity index (χ1v) is 7.64. The average molecular weight is 292 g/mol. The number of nitrogens with one attached hydrogen (secondary N) is 1. The van der Waals surface area contributed by atoms with Crippen LogP contribution in [0.5, 0.6) is 0 Å². The van der Waals surface area contributed by atoms with Crippen molar-refractivity contribution in [3.8, 4) is 0 Å². The van der Waals surface area contributed by atoms with Gasteiger partial charge in [-0.05, 0) is 38.8 Å². The average Bonchev–Trinajstić information content (AvgIpc) is 2.55. The highest BCUT2D eigenvalue weighted by Gasteiger charge is 2.19. The normalized spacial score (nSPS) is 16.8. The van der Waals surface area contributed by atoms with E-state index in [9.17, 15) is 4.79 Å². The number of ether oxygens (including phenoxy) is 1. The highest BCUT2D eigenvalue weighted by molar-refractivity contribution is 5.91. The quantitative estimate of drug-likeness (QED) is 0.758. The number of rotatable bonds is 7. The van der Waals surface area contributed by atoms with Crippen molar-refractivity contribution in [1.82, 2.24) is 20.2 Å². The van der Waals surface area contributed by atoms with Crippen LogP contribution in [0.15, 0.2) is 18.6 Å². The predicted octanol–water partition coefficient (Wildman–Crippen LogP) is 0.955. The van der Waals surface area contributed by atoms with Gasteiger partial charge in [0.15, 0.2) is 0 Å². The lowest BCUT2D eigenvalue weighted by Crippen LogP contribution is -2.40. The minimum atomic E-state index is -0.137. The van der Waals surface area contributed by atoms with Crippen molar-refractivity contribution in [1.29, 1.82) is 0 Å². The number of nitrogens with zero attached hydrogens (tertiary/aromatic N) is 3. The summed E-state index contributed by atoms with van der Waals surface area (Å²) in [6.07, 6.45) is 6.83. The van der Waals surface area contributed by atoms with Crippen molar-refractivity contribution in [3.63, 3.8) is 0 Å². The van der Waals surface area contributed by atoms with Gasteiger partial charge in [0.2, 0.25) is 0 Å². The summed E-state index contributed by atoms with van der Waals surface area (Å²) in [6, 6.07) is 0. The van der Waals surface area contributed by atoms with Gasteiger partial charge < -0.3 is 15.0 Å². The second kappa shape index (κ2) is 8.69. The van der Waals surface area contributed by atoms with Gasteiger partial charge in [-0.1, -0.05) is 0 Å². The Hall–Kier alpha value is -1.53. The van der Waals surface area contributed by atoms with E-state index >= 15 is 0 Å². The van der Waals surface area contributed by atoms with Crippen LogP contribution in [0.25, 0.3) is 0 Å². The number of carbonyl (C=O) groups is 1. The van der Waals surface area contributed by atoms with Crippen molar-refractivity contribution in [2.45, 2.75) is 19.8 Å². The molecule has 1 aliphatic heterocycles. The zero-order valence-corrected chi connectivity index (χ0v) is 12.6. The maximum atomic E-state index is 11.9. The zero-order valence-electron chi connectivity index (χ0n) is 12.6. The van der Waals surface area contributed by atoms with Gasteiger partial charge in [0.05, 0.1) is 12.8 Å². The third-order valence-electron chi connectivity index (χ3n) is 3.81. The molecule has 2 rings (SSSR count). The molecular formula is C15H24N4O2. The van der Waals surface area contributed by atoms with Gasteiger partial charge in [0.25, 0.3) is 5.91 Å². The van der Waals surface area contributed by atoms with Crippen molar-refractivity contribution >= 4 is 5.91 Å². The molecule has 0 bridgehead atoms. The van der Waals surface area contributed by atoms with Crippen LogP contribution >= 0.6 is 0 Å². The summed E-state index contributed by atoms with van der Waals surface area (Å²) in [6.45, 7) is 7.50. The molecule has 1 N–H and O–H groups in total. The first-order chi connectivity index (χ1) is 10.3. The Morgan fingerprint density at radius 1 is 1.43 bits per heavy atom. The van der Waals surface area contributed by atoms with E-state index in [1.807, 2.05) is 6.92 Å². The number of aromatic nitrogens is 2. The van der Waals surface area contributed by atoms with Crippen LogP contribution in [-0.2, 0) is 4.74 Å². The van der Waals surface area contributed by atoms with Gasteiger partial charge in [0, 0.05) is 32.1 Å². The Bertz CT molecular complexity index is 419. The van der Waals surface area contributed by atoms with Gasteiger partial charge in [-0.25, -0.2) is 4.98 Å². The summed E-state index contributed by atoms with van der Waals surface area (Å²) in [5.41, 5.74) is 0.381. The largest absolute Gasteiger partial charge is 0.380 e. The lowest BCUT2D eigenvalue weighted by atomic mass is 9.97. The molecule has 0 aliphatic carbocycles. The molecule has 1 amide bonds. The van der Waals surface area contributed by atoms with Gasteiger partial charge in [-0.15, -0.1) is 0 Å². The predicted molar refractivity (Wildman–Crippen MR) is 80.0 cm³/mol. The van der Waals surface area contributed by atoms with Crippen LogP contribution in [0.4, 0.5) is 0 Å². The molecule has 1 aliphatic rings. The van der Waals surface area contributed by atoms with Gasteiger partial charge >= 0.3 is 0 Å². The zero-order chi connectivity index (χ0) is 14.9. The molecule has 6 heteroatoms. The fourth-order valence-corrected chi connectivity index (χ4v) is 2.50. The minimum absolute atomic E-state index is 0.137. The standard InChI is InChI=1S/C15H24N4O2/c1-2-21-10-9-19-7-3-13(4-8-19)11-18-15(20)14-12-16-5-6-17-14/h5-6,12-13H,2-4,7-11H2,1H3,(H,18,20). The number of piperidine rings is 1.